The van der Waals surface area contributed by atoms with Crippen molar-refractivity contribution in [2.45, 2.75) is 35.4 Å². The number of hydrogen-bond donors (Lipinski definition) is 1. The van der Waals surface area contributed by atoms with Crippen molar-refractivity contribution in [1.82, 2.24) is 10.3 Å². The van der Waals surface area contributed by atoms with Crippen molar-refractivity contribution in [3.05, 3.63) is 54.4 Å². The van der Waals surface area contributed by atoms with E-state index in [1.54, 1.807) is 36.7 Å². The van der Waals surface area contributed by atoms with E-state index < -0.39 is 9.84 Å². The number of amides is 1. The summed E-state index contributed by atoms with van der Waals surface area (Å²) in [4.78, 5) is 17.5. The van der Waals surface area contributed by atoms with Gasteiger partial charge in [-0.2, -0.15) is 0 Å². The van der Waals surface area contributed by atoms with Crippen LogP contribution in [0.15, 0.2) is 58.6 Å². The summed E-state index contributed by atoms with van der Waals surface area (Å²) in [5.74, 6) is -0.0707. The molecule has 1 N–H and O–H groups in total. The van der Waals surface area contributed by atoms with Crippen LogP contribution in [0.4, 0.5) is 0 Å². The van der Waals surface area contributed by atoms with Crippen LogP contribution in [0.2, 0.25) is 0 Å². The van der Waals surface area contributed by atoms with Gasteiger partial charge in [0.05, 0.1) is 10.1 Å². The highest BCUT2D eigenvalue weighted by atomic mass is 32.2. The first kappa shape index (κ1) is 19.5. The fraction of sp³-hybridized carbons (Fsp3) is 0.333. The van der Waals surface area contributed by atoms with E-state index in [2.05, 4.69) is 10.3 Å². The molecular weight excluding hydrogens is 356 g/mol. The monoisotopic (exact) mass is 378 g/mol. The van der Waals surface area contributed by atoms with Gasteiger partial charge in [0.1, 0.15) is 0 Å². The summed E-state index contributed by atoms with van der Waals surface area (Å²) in [6, 6.07) is 10.5. The van der Waals surface area contributed by atoms with Gasteiger partial charge in [0.2, 0.25) is 5.91 Å². The average Bonchev–Trinajstić information content (AvgIpc) is 2.57. The SMILES string of the molecule is CC(C)C(Sc1ccccc1S(C)(=O)=O)C(=O)NCc1cccnc1. The minimum atomic E-state index is -3.35. The van der Waals surface area contributed by atoms with E-state index in [1.165, 1.54) is 18.0 Å². The predicted octanol–water partition coefficient (Wildman–Crippen LogP) is 2.92. The maximum absolute atomic E-state index is 12.6. The Bertz CT molecular complexity index is 821. The largest absolute Gasteiger partial charge is 0.351 e. The van der Waals surface area contributed by atoms with Gasteiger partial charge < -0.3 is 5.32 Å². The van der Waals surface area contributed by atoms with Gasteiger partial charge in [-0.25, -0.2) is 8.42 Å². The van der Waals surface area contributed by atoms with Crippen LogP contribution in [-0.2, 0) is 21.2 Å². The standard InChI is InChI=1S/C18H22N2O3S2/c1-13(2)17(18(21)20-12-14-7-6-10-19-11-14)24-15-8-4-5-9-16(15)25(3,22)23/h4-11,13,17H,12H2,1-3H3,(H,20,21). The molecule has 1 aromatic carbocycles. The lowest BCUT2D eigenvalue weighted by Crippen LogP contribution is -2.35. The fourth-order valence-corrected chi connectivity index (χ4v) is 4.71. The molecular formula is C18H22N2O3S2. The molecule has 0 fully saturated rings. The van der Waals surface area contributed by atoms with Crippen molar-refractivity contribution in [3.63, 3.8) is 0 Å². The minimum absolute atomic E-state index is 0.0477. The van der Waals surface area contributed by atoms with Crippen LogP contribution >= 0.6 is 11.8 Å². The average molecular weight is 379 g/mol. The molecule has 1 heterocycles. The fourth-order valence-electron chi connectivity index (χ4n) is 2.28. The Labute approximate surface area is 153 Å². The second-order valence-electron chi connectivity index (χ2n) is 6.08. The van der Waals surface area contributed by atoms with Gasteiger partial charge in [-0.05, 0) is 29.7 Å². The summed E-state index contributed by atoms with van der Waals surface area (Å²) in [5, 5.41) is 2.52. The summed E-state index contributed by atoms with van der Waals surface area (Å²) in [5.41, 5.74) is 0.917. The Morgan fingerprint density at radius 2 is 1.92 bits per heavy atom. The van der Waals surface area contributed by atoms with E-state index in [0.717, 1.165) is 5.56 Å². The van der Waals surface area contributed by atoms with Gasteiger partial charge in [0, 0.05) is 30.1 Å². The molecule has 0 aliphatic heterocycles. The van der Waals surface area contributed by atoms with Crippen molar-refractivity contribution >= 4 is 27.5 Å². The molecule has 2 rings (SSSR count). The molecule has 7 heteroatoms. The van der Waals surface area contributed by atoms with Crippen LogP contribution in [0.1, 0.15) is 19.4 Å². The highest BCUT2D eigenvalue weighted by Gasteiger charge is 2.25. The van der Waals surface area contributed by atoms with E-state index in [4.69, 9.17) is 0 Å². The topological polar surface area (TPSA) is 76.1 Å². The molecule has 0 saturated carbocycles. The molecule has 1 aromatic heterocycles. The second kappa shape index (κ2) is 8.49. The Morgan fingerprint density at radius 1 is 1.20 bits per heavy atom. The summed E-state index contributed by atoms with van der Waals surface area (Å²) in [7, 11) is -3.35. The number of thioether (sulfide) groups is 1. The molecule has 0 saturated heterocycles. The third kappa shape index (κ3) is 5.57. The molecule has 0 aliphatic rings. The van der Waals surface area contributed by atoms with Crippen molar-refractivity contribution in [3.8, 4) is 0 Å². The van der Waals surface area contributed by atoms with Crippen LogP contribution in [0.25, 0.3) is 0 Å². The minimum Gasteiger partial charge on any atom is -0.351 e. The number of nitrogens with zero attached hydrogens (tertiary/aromatic N) is 1. The molecule has 25 heavy (non-hydrogen) atoms. The van der Waals surface area contributed by atoms with Crippen LogP contribution in [-0.4, -0.2) is 30.8 Å². The number of pyridine rings is 1. The number of carbonyl (C=O) groups excluding carboxylic acids is 1. The number of aromatic nitrogens is 1. The molecule has 2 aromatic rings. The zero-order chi connectivity index (χ0) is 18.4. The summed E-state index contributed by atoms with van der Waals surface area (Å²) in [6.07, 6.45) is 4.57. The number of benzene rings is 1. The quantitative estimate of drug-likeness (QED) is 0.750. The van der Waals surface area contributed by atoms with E-state index in [1.807, 2.05) is 26.0 Å². The highest BCUT2D eigenvalue weighted by molar-refractivity contribution is 8.01. The van der Waals surface area contributed by atoms with E-state index in [-0.39, 0.29) is 22.0 Å². The lowest BCUT2D eigenvalue weighted by molar-refractivity contribution is -0.121. The number of carbonyl (C=O) groups is 1. The smallest absolute Gasteiger partial charge is 0.234 e. The van der Waals surface area contributed by atoms with Crippen molar-refractivity contribution in [2.75, 3.05) is 6.26 Å². The lowest BCUT2D eigenvalue weighted by atomic mass is 10.1. The number of hydrogen-bond acceptors (Lipinski definition) is 5. The Balaban J connectivity index is 2.15. The number of sulfone groups is 1. The Morgan fingerprint density at radius 3 is 2.52 bits per heavy atom. The molecule has 0 bridgehead atoms. The molecule has 1 amide bonds. The molecule has 1 atom stereocenters. The zero-order valence-electron chi connectivity index (χ0n) is 14.5. The highest BCUT2D eigenvalue weighted by Crippen LogP contribution is 2.33. The Kier molecular flexibility index (Phi) is 6.61. The lowest BCUT2D eigenvalue weighted by Gasteiger charge is -2.21. The first-order chi connectivity index (χ1) is 11.8. The Hall–Kier alpha value is -1.86. The summed E-state index contributed by atoms with van der Waals surface area (Å²) < 4.78 is 23.9. The molecule has 134 valence electrons. The zero-order valence-corrected chi connectivity index (χ0v) is 16.1. The van der Waals surface area contributed by atoms with Gasteiger partial charge in [0.25, 0.3) is 0 Å². The van der Waals surface area contributed by atoms with Gasteiger partial charge in [-0.15, -0.1) is 11.8 Å². The normalized spacial score (nSPS) is 12.8. The maximum Gasteiger partial charge on any atom is 0.234 e. The van der Waals surface area contributed by atoms with E-state index >= 15 is 0 Å². The molecule has 0 radical (unpaired) electrons. The van der Waals surface area contributed by atoms with E-state index in [9.17, 15) is 13.2 Å². The first-order valence-corrected chi connectivity index (χ1v) is 10.7. The van der Waals surface area contributed by atoms with Gasteiger partial charge in [-0.3, -0.25) is 9.78 Å². The first-order valence-electron chi connectivity index (χ1n) is 7.91. The molecule has 0 spiro atoms. The van der Waals surface area contributed by atoms with Gasteiger partial charge in [0.15, 0.2) is 9.84 Å². The number of rotatable bonds is 7. The van der Waals surface area contributed by atoms with Crippen molar-refractivity contribution < 1.29 is 13.2 Å². The molecule has 0 aliphatic carbocycles. The molecule has 1 unspecified atom stereocenters. The summed E-state index contributed by atoms with van der Waals surface area (Å²) >= 11 is 1.29. The second-order valence-corrected chi connectivity index (χ2v) is 9.25. The van der Waals surface area contributed by atoms with Gasteiger partial charge in [-0.1, -0.05) is 32.0 Å². The third-order valence-corrected chi connectivity index (χ3v) is 6.46. The third-order valence-electron chi connectivity index (χ3n) is 3.56. The maximum atomic E-state index is 12.6. The van der Waals surface area contributed by atoms with Crippen LogP contribution in [0.5, 0.6) is 0 Å². The van der Waals surface area contributed by atoms with Crippen LogP contribution in [0.3, 0.4) is 0 Å². The number of nitrogens with one attached hydrogen (secondary N) is 1. The van der Waals surface area contributed by atoms with Crippen molar-refractivity contribution in [1.29, 1.82) is 0 Å². The van der Waals surface area contributed by atoms with Gasteiger partial charge >= 0.3 is 0 Å². The van der Waals surface area contributed by atoms with E-state index in [0.29, 0.717) is 11.4 Å². The molecule has 5 nitrogen and oxygen atoms in total. The summed E-state index contributed by atoms with van der Waals surface area (Å²) in [6.45, 7) is 4.29. The van der Waals surface area contributed by atoms with Crippen LogP contribution < -0.4 is 5.32 Å². The predicted molar refractivity (Wildman–Crippen MR) is 100 cm³/mol. The van der Waals surface area contributed by atoms with Crippen molar-refractivity contribution in [2.24, 2.45) is 5.92 Å². The van der Waals surface area contributed by atoms with Crippen LogP contribution in [0, 0.1) is 5.92 Å².